The molecular weight excluding hydrogens is 367 g/mol. The molecule has 6 nitrogen and oxygen atoms in total. The van der Waals surface area contributed by atoms with Crippen LogP contribution in [0.5, 0.6) is 0 Å². The summed E-state index contributed by atoms with van der Waals surface area (Å²) in [5.41, 5.74) is 8.04. The van der Waals surface area contributed by atoms with Crippen LogP contribution < -0.4 is 11.1 Å². The van der Waals surface area contributed by atoms with E-state index in [4.69, 9.17) is 5.73 Å². The number of benzene rings is 1. The molecule has 0 saturated heterocycles. The maximum atomic E-state index is 5.85. The zero-order chi connectivity index (χ0) is 13.7. The number of nitrogens with two attached hydrogens (primary N) is 1. The minimum absolute atomic E-state index is 0. The van der Waals surface area contributed by atoms with Crippen LogP contribution in [0.25, 0.3) is 0 Å². The molecule has 0 fully saturated rings. The molecule has 2 rings (SSSR count). The quantitative estimate of drug-likeness (QED) is 0.478. The summed E-state index contributed by atoms with van der Waals surface area (Å²) in [7, 11) is 1.87. The first-order valence-electron chi connectivity index (χ1n) is 6.17. The summed E-state index contributed by atoms with van der Waals surface area (Å²) >= 11 is 0. The van der Waals surface area contributed by atoms with E-state index in [2.05, 4.69) is 39.6 Å². The van der Waals surface area contributed by atoms with Crippen molar-refractivity contribution in [3.63, 3.8) is 0 Å². The van der Waals surface area contributed by atoms with E-state index in [1.165, 1.54) is 5.56 Å². The van der Waals surface area contributed by atoms with E-state index >= 15 is 0 Å². The fraction of sp³-hybridized carbons (Fsp3) is 0.308. The first-order chi connectivity index (χ1) is 9.19. The third-order valence-electron chi connectivity index (χ3n) is 2.80. The molecule has 0 atom stereocenters. The van der Waals surface area contributed by atoms with Crippen LogP contribution in [-0.4, -0.2) is 20.7 Å². The number of aliphatic imine (C=N–C) groups is 1. The minimum atomic E-state index is 0. The Balaban J connectivity index is 0.00000200. The molecular formula is C13H19IN6. The fourth-order valence-electron chi connectivity index (χ4n) is 1.66. The van der Waals surface area contributed by atoms with Crippen molar-refractivity contribution in [1.82, 2.24) is 14.8 Å². The van der Waals surface area contributed by atoms with E-state index in [0.29, 0.717) is 12.5 Å². The van der Waals surface area contributed by atoms with Gasteiger partial charge in [0.25, 0.3) is 0 Å². The summed E-state index contributed by atoms with van der Waals surface area (Å²) in [4.78, 5) is 4.24. The standard InChI is InChI=1S/C13H18N6.HI/c1-3-10-5-4-6-11(7-10)17-13(14)15-8-12-18-16-9-19(12)2;/h4-7,9H,3,8H2,1-2H3,(H3,14,15,17);1H. The van der Waals surface area contributed by atoms with Crippen molar-refractivity contribution < 1.29 is 0 Å². The predicted octanol–water partition coefficient (Wildman–Crippen LogP) is 1.92. The van der Waals surface area contributed by atoms with Gasteiger partial charge in [0.1, 0.15) is 12.9 Å². The number of rotatable bonds is 4. The van der Waals surface area contributed by atoms with Gasteiger partial charge in [0.05, 0.1) is 0 Å². The van der Waals surface area contributed by atoms with Crippen LogP contribution in [0, 0.1) is 0 Å². The zero-order valence-corrected chi connectivity index (χ0v) is 13.9. The van der Waals surface area contributed by atoms with Gasteiger partial charge in [-0.25, -0.2) is 4.99 Å². The normalized spacial score (nSPS) is 11.0. The Hall–Kier alpha value is -1.64. The van der Waals surface area contributed by atoms with Crippen LogP contribution in [0.2, 0.25) is 0 Å². The molecule has 0 spiro atoms. The number of hydrogen-bond donors (Lipinski definition) is 2. The Kier molecular flexibility index (Phi) is 6.43. The second-order valence-corrected chi connectivity index (χ2v) is 4.24. The molecule has 0 amide bonds. The Morgan fingerprint density at radius 1 is 1.45 bits per heavy atom. The van der Waals surface area contributed by atoms with Crippen LogP contribution in [0.3, 0.4) is 0 Å². The highest BCUT2D eigenvalue weighted by molar-refractivity contribution is 14.0. The molecule has 0 aliphatic rings. The van der Waals surface area contributed by atoms with Gasteiger partial charge in [-0.1, -0.05) is 19.1 Å². The summed E-state index contributed by atoms with van der Waals surface area (Å²) in [5.74, 6) is 1.14. The average Bonchev–Trinajstić information content (AvgIpc) is 2.82. The second kappa shape index (κ2) is 7.83. The first kappa shape index (κ1) is 16.4. The lowest BCUT2D eigenvalue weighted by molar-refractivity contribution is 0.792. The predicted molar refractivity (Wildman–Crippen MR) is 91.2 cm³/mol. The summed E-state index contributed by atoms with van der Waals surface area (Å²) in [6, 6.07) is 8.10. The highest BCUT2D eigenvalue weighted by Crippen LogP contribution is 2.10. The van der Waals surface area contributed by atoms with Crippen LogP contribution >= 0.6 is 24.0 Å². The Bertz CT molecular complexity index is 578. The number of hydrogen-bond acceptors (Lipinski definition) is 3. The Labute approximate surface area is 135 Å². The molecule has 0 unspecified atom stereocenters. The van der Waals surface area contributed by atoms with Gasteiger partial charge in [-0.15, -0.1) is 34.2 Å². The summed E-state index contributed by atoms with van der Waals surface area (Å²) in [6.07, 6.45) is 2.63. The average molecular weight is 386 g/mol. The second-order valence-electron chi connectivity index (χ2n) is 4.24. The number of anilines is 1. The highest BCUT2D eigenvalue weighted by Gasteiger charge is 2.00. The van der Waals surface area contributed by atoms with Gasteiger partial charge in [0.2, 0.25) is 0 Å². The van der Waals surface area contributed by atoms with Crippen molar-refractivity contribution in [3.8, 4) is 0 Å². The maximum absolute atomic E-state index is 5.85. The lowest BCUT2D eigenvalue weighted by Gasteiger charge is -2.07. The molecule has 1 aromatic carbocycles. The first-order valence-corrected chi connectivity index (χ1v) is 6.17. The van der Waals surface area contributed by atoms with Gasteiger partial charge < -0.3 is 15.6 Å². The molecule has 0 saturated carbocycles. The van der Waals surface area contributed by atoms with Crippen molar-refractivity contribution >= 4 is 35.6 Å². The van der Waals surface area contributed by atoms with E-state index in [-0.39, 0.29) is 24.0 Å². The van der Waals surface area contributed by atoms with E-state index in [1.807, 2.05) is 23.7 Å². The molecule has 3 N–H and O–H groups in total. The van der Waals surface area contributed by atoms with Crippen molar-refractivity contribution in [3.05, 3.63) is 42.0 Å². The smallest absolute Gasteiger partial charge is 0.193 e. The molecule has 2 aromatic rings. The van der Waals surface area contributed by atoms with Gasteiger partial charge in [-0.3, -0.25) is 0 Å². The highest BCUT2D eigenvalue weighted by atomic mass is 127. The molecule has 108 valence electrons. The summed E-state index contributed by atoms with van der Waals surface area (Å²) in [5, 5.41) is 10.8. The number of halogens is 1. The molecule has 7 heteroatoms. The van der Waals surface area contributed by atoms with Crippen molar-refractivity contribution in [2.24, 2.45) is 17.8 Å². The third kappa shape index (κ3) is 4.48. The molecule has 0 aliphatic carbocycles. The molecule has 0 aliphatic heterocycles. The van der Waals surface area contributed by atoms with E-state index in [0.717, 1.165) is 17.9 Å². The number of guanidine groups is 1. The van der Waals surface area contributed by atoms with E-state index in [1.54, 1.807) is 6.33 Å². The van der Waals surface area contributed by atoms with Crippen LogP contribution in [0.15, 0.2) is 35.6 Å². The minimum Gasteiger partial charge on any atom is -0.370 e. The van der Waals surface area contributed by atoms with Gasteiger partial charge in [-0.2, -0.15) is 0 Å². The Morgan fingerprint density at radius 3 is 2.90 bits per heavy atom. The van der Waals surface area contributed by atoms with Crippen molar-refractivity contribution in [2.45, 2.75) is 19.9 Å². The largest absolute Gasteiger partial charge is 0.370 e. The monoisotopic (exact) mass is 386 g/mol. The molecule has 0 bridgehead atoms. The van der Waals surface area contributed by atoms with Gasteiger partial charge >= 0.3 is 0 Å². The third-order valence-corrected chi connectivity index (χ3v) is 2.80. The van der Waals surface area contributed by atoms with Crippen LogP contribution in [-0.2, 0) is 20.0 Å². The Morgan fingerprint density at radius 2 is 2.25 bits per heavy atom. The van der Waals surface area contributed by atoms with Crippen LogP contribution in [0.4, 0.5) is 5.69 Å². The molecule has 0 radical (unpaired) electrons. The lowest BCUT2D eigenvalue weighted by atomic mass is 10.1. The summed E-state index contributed by atoms with van der Waals surface area (Å²) < 4.78 is 1.81. The number of aryl methyl sites for hydroxylation is 2. The lowest BCUT2D eigenvalue weighted by Crippen LogP contribution is -2.22. The van der Waals surface area contributed by atoms with Gasteiger partial charge in [-0.05, 0) is 24.1 Å². The van der Waals surface area contributed by atoms with Gasteiger partial charge in [0, 0.05) is 12.7 Å². The van der Waals surface area contributed by atoms with Gasteiger partial charge in [0.15, 0.2) is 11.8 Å². The molecule has 1 aromatic heterocycles. The fourth-order valence-corrected chi connectivity index (χ4v) is 1.66. The van der Waals surface area contributed by atoms with E-state index < -0.39 is 0 Å². The summed E-state index contributed by atoms with van der Waals surface area (Å²) in [6.45, 7) is 2.52. The topological polar surface area (TPSA) is 81.1 Å². The SMILES string of the molecule is CCc1cccc(NC(N)=NCc2nncn2C)c1.I. The van der Waals surface area contributed by atoms with Crippen molar-refractivity contribution in [1.29, 1.82) is 0 Å². The maximum Gasteiger partial charge on any atom is 0.193 e. The molecule has 20 heavy (non-hydrogen) atoms. The van der Waals surface area contributed by atoms with E-state index in [9.17, 15) is 0 Å². The number of aromatic nitrogens is 3. The van der Waals surface area contributed by atoms with Crippen molar-refractivity contribution in [2.75, 3.05) is 5.32 Å². The van der Waals surface area contributed by atoms with Crippen LogP contribution in [0.1, 0.15) is 18.3 Å². The number of nitrogens with one attached hydrogen (secondary N) is 1. The number of nitrogens with zero attached hydrogens (tertiary/aromatic N) is 4. The molecule has 1 heterocycles. The zero-order valence-electron chi connectivity index (χ0n) is 11.6.